The van der Waals surface area contributed by atoms with E-state index in [1.165, 1.54) is 7.11 Å². The Morgan fingerprint density at radius 2 is 1.80 bits per heavy atom. The van der Waals surface area contributed by atoms with Crippen LogP contribution in [0.4, 0.5) is 0 Å². The summed E-state index contributed by atoms with van der Waals surface area (Å²) < 4.78 is 8.74. The third-order valence-corrected chi connectivity index (χ3v) is 2.10. The quantitative estimate of drug-likeness (QED) is 0.470. The van der Waals surface area contributed by atoms with E-state index in [0.717, 1.165) is 17.9 Å². The lowest BCUT2D eigenvalue weighted by Gasteiger charge is -2.02. The van der Waals surface area contributed by atoms with Crippen molar-refractivity contribution in [3.8, 4) is 0 Å². The molecule has 0 aliphatic carbocycles. The molecule has 1 aromatic carbocycles. The molecule has 4 nitrogen and oxygen atoms in total. The molecule has 1 rings (SSSR count). The van der Waals surface area contributed by atoms with Crippen LogP contribution in [0.2, 0.25) is 0 Å². The third-order valence-electron chi connectivity index (χ3n) is 2.10. The number of esters is 2. The monoisotopic (exact) mass is 274 g/mol. The SMILES string of the molecule is C=C(Cc1ccccc1)C(=O)OC.C=COC(=O)C=C. The summed E-state index contributed by atoms with van der Waals surface area (Å²) in [4.78, 5) is 21.0. The molecular formula is C16H18O4. The van der Waals surface area contributed by atoms with Crippen LogP contribution >= 0.6 is 0 Å². The predicted octanol–water partition coefficient (Wildman–Crippen LogP) is 2.82. The smallest absolute Gasteiger partial charge is 0.334 e. The van der Waals surface area contributed by atoms with E-state index in [-0.39, 0.29) is 5.97 Å². The van der Waals surface area contributed by atoms with E-state index in [1.807, 2.05) is 30.3 Å². The maximum atomic E-state index is 11.0. The Bertz CT molecular complexity index is 475. The summed E-state index contributed by atoms with van der Waals surface area (Å²) in [5.74, 6) is -0.821. The Morgan fingerprint density at radius 3 is 2.20 bits per heavy atom. The molecule has 4 heteroatoms. The molecule has 0 aliphatic rings. The molecule has 0 radical (unpaired) electrons. The van der Waals surface area contributed by atoms with Gasteiger partial charge in [-0.05, 0) is 5.56 Å². The lowest BCUT2D eigenvalue weighted by Crippen LogP contribution is -2.05. The van der Waals surface area contributed by atoms with Crippen LogP contribution in [0.25, 0.3) is 0 Å². The van der Waals surface area contributed by atoms with Gasteiger partial charge in [0.25, 0.3) is 0 Å². The molecule has 0 unspecified atom stereocenters. The summed E-state index contributed by atoms with van der Waals surface area (Å²) >= 11 is 0. The summed E-state index contributed by atoms with van der Waals surface area (Å²) in [6.07, 6.45) is 2.68. The molecule has 0 amide bonds. The highest BCUT2D eigenvalue weighted by Gasteiger charge is 2.06. The molecule has 0 aliphatic heterocycles. The average Bonchev–Trinajstić information content (AvgIpc) is 2.48. The van der Waals surface area contributed by atoms with Crippen molar-refractivity contribution < 1.29 is 19.1 Å². The molecule has 0 aromatic heterocycles. The zero-order valence-corrected chi connectivity index (χ0v) is 11.5. The van der Waals surface area contributed by atoms with Crippen molar-refractivity contribution >= 4 is 11.9 Å². The van der Waals surface area contributed by atoms with Gasteiger partial charge in [-0.15, -0.1) is 0 Å². The van der Waals surface area contributed by atoms with E-state index in [1.54, 1.807) is 0 Å². The van der Waals surface area contributed by atoms with Crippen LogP contribution in [0.15, 0.2) is 68.0 Å². The van der Waals surface area contributed by atoms with Crippen molar-refractivity contribution in [2.45, 2.75) is 6.42 Å². The summed E-state index contributed by atoms with van der Waals surface area (Å²) in [6, 6.07) is 9.70. The first-order valence-corrected chi connectivity index (χ1v) is 5.79. The van der Waals surface area contributed by atoms with Gasteiger partial charge in [0.2, 0.25) is 0 Å². The van der Waals surface area contributed by atoms with Crippen molar-refractivity contribution in [1.29, 1.82) is 0 Å². The molecule has 0 spiro atoms. The fourth-order valence-electron chi connectivity index (χ4n) is 1.19. The standard InChI is InChI=1S/C11H12O2.C5H6O2/c1-9(11(12)13-2)8-10-6-4-3-5-7-10;1-3-5(6)7-4-2/h3-7H,1,8H2,2H3;3-4H,1-2H2. The summed E-state index contributed by atoms with van der Waals surface area (Å²) in [5, 5.41) is 0. The number of ether oxygens (including phenoxy) is 2. The molecule has 0 fully saturated rings. The highest BCUT2D eigenvalue weighted by molar-refractivity contribution is 5.88. The van der Waals surface area contributed by atoms with Crippen molar-refractivity contribution in [3.05, 3.63) is 73.5 Å². The molecule has 0 bridgehead atoms. The second kappa shape index (κ2) is 10.3. The maximum Gasteiger partial charge on any atom is 0.334 e. The number of hydrogen-bond acceptors (Lipinski definition) is 4. The van der Waals surface area contributed by atoms with Gasteiger partial charge in [0.05, 0.1) is 13.4 Å². The van der Waals surface area contributed by atoms with Gasteiger partial charge < -0.3 is 9.47 Å². The minimum atomic E-state index is -0.477. The molecule has 0 N–H and O–H groups in total. The number of benzene rings is 1. The zero-order valence-electron chi connectivity index (χ0n) is 11.5. The van der Waals surface area contributed by atoms with Crippen LogP contribution in [-0.4, -0.2) is 19.0 Å². The van der Waals surface area contributed by atoms with Gasteiger partial charge in [0, 0.05) is 18.1 Å². The second-order valence-corrected chi connectivity index (χ2v) is 3.57. The van der Waals surface area contributed by atoms with E-state index in [9.17, 15) is 9.59 Å². The van der Waals surface area contributed by atoms with Crippen LogP contribution in [0, 0.1) is 0 Å². The van der Waals surface area contributed by atoms with Crippen LogP contribution in [0.5, 0.6) is 0 Å². The zero-order chi connectivity index (χ0) is 15.4. The van der Waals surface area contributed by atoms with E-state index in [0.29, 0.717) is 12.0 Å². The lowest BCUT2D eigenvalue weighted by atomic mass is 10.1. The Kier molecular flexibility index (Phi) is 8.96. The number of hydrogen-bond donors (Lipinski definition) is 0. The van der Waals surface area contributed by atoms with Crippen molar-refractivity contribution in [3.63, 3.8) is 0 Å². The van der Waals surface area contributed by atoms with Gasteiger partial charge in [0.1, 0.15) is 0 Å². The Balaban J connectivity index is 0.000000441. The number of carbonyl (C=O) groups excluding carboxylic acids is 2. The second-order valence-electron chi connectivity index (χ2n) is 3.57. The molecule has 0 saturated heterocycles. The number of rotatable bonds is 5. The van der Waals surface area contributed by atoms with E-state index in [2.05, 4.69) is 29.2 Å². The minimum Gasteiger partial charge on any atom is -0.466 e. The van der Waals surface area contributed by atoms with E-state index < -0.39 is 5.97 Å². The van der Waals surface area contributed by atoms with Crippen LogP contribution in [0.3, 0.4) is 0 Å². The van der Waals surface area contributed by atoms with Crippen molar-refractivity contribution in [2.75, 3.05) is 7.11 Å². The Morgan fingerprint density at radius 1 is 1.20 bits per heavy atom. The predicted molar refractivity (Wildman–Crippen MR) is 77.8 cm³/mol. The lowest BCUT2D eigenvalue weighted by molar-refractivity contribution is -0.136. The Labute approximate surface area is 119 Å². The molecule has 20 heavy (non-hydrogen) atoms. The minimum absolute atomic E-state index is 0.344. The first-order valence-electron chi connectivity index (χ1n) is 5.79. The number of methoxy groups -OCH3 is 1. The molecular weight excluding hydrogens is 256 g/mol. The van der Waals surface area contributed by atoms with E-state index in [4.69, 9.17) is 0 Å². The van der Waals surface area contributed by atoms with Gasteiger partial charge in [-0.2, -0.15) is 0 Å². The topological polar surface area (TPSA) is 52.6 Å². The van der Waals surface area contributed by atoms with Crippen molar-refractivity contribution in [2.24, 2.45) is 0 Å². The molecule has 0 heterocycles. The van der Waals surface area contributed by atoms with Crippen LogP contribution in [0.1, 0.15) is 5.56 Å². The normalized spacial score (nSPS) is 8.45. The van der Waals surface area contributed by atoms with Crippen LogP contribution < -0.4 is 0 Å². The summed E-state index contributed by atoms with van der Waals surface area (Å²) in [7, 11) is 1.36. The largest absolute Gasteiger partial charge is 0.466 e. The molecule has 0 atom stereocenters. The van der Waals surface area contributed by atoms with Gasteiger partial charge in [-0.3, -0.25) is 0 Å². The highest BCUT2D eigenvalue weighted by Crippen LogP contribution is 2.06. The fourth-order valence-corrected chi connectivity index (χ4v) is 1.19. The van der Waals surface area contributed by atoms with Crippen molar-refractivity contribution in [1.82, 2.24) is 0 Å². The number of carbonyl (C=O) groups is 2. The van der Waals surface area contributed by atoms with Gasteiger partial charge >= 0.3 is 11.9 Å². The van der Waals surface area contributed by atoms with E-state index >= 15 is 0 Å². The van der Waals surface area contributed by atoms with Crippen LogP contribution in [-0.2, 0) is 25.5 Å². The maximum absolute atomic E-state index is 11.0. The highest BCUT2D eigenvalue weighted by atomic mass is 16.5. The third kappa shape index (κ3) is 7.66. The average molecular weight is 274 g/mol. The molecule has 0 saturated carbocycles. The molecule has 106 valence electrons. The van der Waals surface area contributed by atoms with Gasteiger partial charge in [0.15, 0.2) is 0 Å². The Hall–Kier alpha value is -2.62. The fraction of sp³-hybridized carbons (Fsp3) is 0.125. The first-order chi connectivity index (χ1) is 9.54. The summed E-state index contributed by atoms with van der Waals surface area (Å²) in [5.41, 5.74) is 1.55. The molecule has 1 aromatic rings. The van der Waals surface area contributed by atoms with Gasteiger partial charge in [-0.1, -0.05) is 50.1 Å². The summed E-state index contributed by atoms with van der Waals surface area (Å²) in [6.45, 7) is 9.96. The van der Waals surface area contributed by atoms with Gasteiger partial charge in [-0.25, -0.2) is 9.59 Å². The first kappa shape index (κ1) is 17.4.